The third-order valence-corrected chi connectivity index (χ3v) is 5.06. The summed E-state index contributed by atoms with van der Waals surface area (Å²) in [5, 5.41) is 0. The lowest BCUT2D eigenvalue weighted by atomic mass is 9.89. The van der Waals surface area contributed by atoms with E-state index in [2.05, 4.69) is 34.5 Å². The SMILES string of the molecule is CC(=P)SC1(C)CC2CCC1C2. The molecule has 0 aromatic carbocycles. The maximum atomic E-state index is 3.62. The zero-order chi connectivity index (χ0) is 8.77. The molecule has 0 heterocycles. The van der Waals surface area contributed by atoms with Gasteiger partial charge in [0, 0.05) is 9.37 Å². The van der Waals surface area contributed by atoms with Crippen LogP contribution in [0.3, 0.4) is 0 Å². The van der Waals surface area contributed by atoms with Gasteiger partial charge in [-0.15, -0.1) is 20.6 Å². The van der Waals surface area contributed by atoms with Crippen LogP contribution in [0, 0.1) is 11.8 Å². The van der Waals surface area contributed by atoms with Gasteiger partial charge in [-0.1, -0.05) is 6.42 Å². The van der Waals surface area contributed by atoms with Crippen LogP contribution < -0.4 is 0 Å². The Morgan fingerprint density at radius 2 is 2.25 bits per heavy atom. The average Bonchev–Trinajstić information content (AvgIpc) is 2.42. The molecule has 2 heteroatoms. The van der Waals surface area contributed by atoms with Crippen LogP contribution in [0.15, 0.2) is 0 Å². The van der Waals surface area contributed by atoms with E-state index < -0.39 is 0 Å². The number of thioether (sulfide) groups is 1. The predicted octanol–water partition coefficient (Wildman–Crippen LogP) is 3.59. The highest BCUT2D eigenvalue weighted by atomic mass is 32.2. The van der Waals surface area contributed by atoms with E-state index in [1.165, 1.54) is 30.3 Å². The van der Waals surface area contributed by atoms with E-state index in [0.29, 0.717) is 4.75 Å². The summed E-state index contributed by atoms with van der Waals surface area (Å²) in [6.07, 6.45) is 5.93. The fourth-order valence-electron chi connectivity index (χ4n) is 3.03. The van der Waals surface area contributed by atoms with E-state index in [1.807, 2.05) is 0 Å². The first-order valence-corrected chi connectivity index (χ1v) is 6.16. The van der Waals surface area contributed by atoms with Crippen LogP contribution in [0.1, 0.15) is 39.5 Å². The summed E-state index contributed by atoms with van der Waals surface area (Å²) < 4.78 is 1.92. The van der Waals surface area contributed by atoms with Gasteiger partial charge in [-0.2, -0.15) is 0 Å². The Bertz CT molecular complexity index is 214. The Balaban J connectivity index is 2.07. The molecule has 0 aliphatic heterocycles. The molecule has 68 valence electrons. The standard InChI is InChI=1S/C10H17PS/c1-7(11)12-10(2)6-8-3-4-9(10)5-8/h8-9,11H,3-6H2,1-2H3. The molecular formula is C10H17PS. The second kappa shape index (κ2) is 3.03. The Kier molecular flexibility index (Phi) is 2.29. The van der Waals surface area contributed by atoms with Crippen LogP contribution in [0.4, 0.5) is 0 Å². The third kappa shape index (κ3) is 1.46. The van der Waals surface area contributed by atoms with Crippen LogP contribution in [0.5, 0.6) is 0 Å². The van der Waals surface area contributed by atoms with Gasteiger partial charge in [0.1, 0.15) is 0 Å². The number of hydrogen-bond acceptors (Lipinski definition) is 1. The Morgan fingerprint density at radius 3 is 2.67 bits per heavy atom. The largest absolute Gasteiger partial charge is 0.120 e. The zero-order valence-electron chi connectivity index (χ0n) is 7.89. The second-order valence-electron chi connectivity index (χ2n) is 4.55. The average molecular weight is 200 g/mol. The van der Waals surface area contributed by atoms with Crippen molar-refractivity contribution in [2.24, 2.45) is 11.8 Å². The number of rotatable bonds is 2. The quantitative estimate of drug-likeness (QED) is 0.614. The molecule has 0 N–H and O–H groups in total. The van der Waals surface area contributed by atoms with Gasteiger partial charge < -0.3 is 0 Å². The Morgan fingerprint density at radius 1 is 1.50 bits per heavy atom. The van der Waals surface area contributed by atoms with Gasteiger partial charge in [-0.3, -0.25) is 0 Å². The lowest BCUT2D eigenvalue weighted by Crippen LogP contribution is -2.28. The first kappa shape index (κ1) is 9.09. The second-order valence-corrected chi connectivity index (χ2v) is 7.41. The van der Waals surface area contributed by atoms with E-state index >= 15 is 0 Å². The lowest BCUT2D eigenvalue weighted by molar-refractivity contribution is 0.399. The van der Waals surface area contributed by atoms with Gasteiger partial charge in [0.15, 0.2) is 0 Å². The van der Waals surface area contributed by atoms with E-state index in [4.69, 9.17) is 0 Å². The van der Waals surface area contributed by atoms with Gasteiger partial charge in [0.2, 0.25) is 0 Å². The van der Waals surface area contributed by atoms with Crippen molar-refractivity contribution in [3.63, 3.8) is 0 Å². The minimum Gasteiger partial charge on any atom is -0.120 e. The smallest absolute Gasteiger partial charge is 0.0209 e. The monoisotopic (exact) mass is 200 g/mol. The van der Waals surface area contributed by atoms with Crippen molar-refractivity contribution in [2.45, 2.75) is 44.3 Å². The molecule has 2 saturated carbocycles. The van der Waals surface area contributed by atoms with Crippen LogP contribution in [-0.4, -0.2) is 9.37 Å². The molecule has 2 bridgehead atoms. The molecule has 0 amide bonds. The molecule has 2 aliphatic carbocycles. The van der Waals surface area contributed by atoms with Crippen molar-refractivity contribution in [1.29, 1.82) is 0 Å². The van der Waals surface area contributed by atoms with E-state index in [9.17, 15) is 0 Å². The van der Waals surface area contributed by atoms with Crippen LogP contribution in [0.2, 0.25) is 0 Å². The van der Waals surface area contributed by atoms with Crippen molar-refractivity contribution in [3.8, 4) is 0 Å². The van der Waals surface area contributed by atoms with E-state index in [-0.39, 0.29) is 0 Å². The summed E-state index contributed by atoms with van der Waals surface area (Å²) >= 11 is 2.06. The van der Waals surface area contributed by atoms with Gasteiger partial charge in [-0.05, 0) is 44.9 Å². The molecule has 0 spiro atoms. The van der Waals surface area contributed by atoms with Gasteiger partial charge in [0.05, 0.1) is 0 Å². The molecule has 3 unspecified atom stereocenters. The molecule has 2 fully saturated rings. The third-order valence-electron chi connectivity index (χ3n) is 3.49. The zero-order valence-corrected chi connectivity index (χ0v) is 9.71. The maximum Gasteiger partial charge on any atom is 0.0209 e. The van der Waals surface area contributed by atoms with Crippen molar-refractivity contribution >= 4 is 25.3 Å². The number of fused-ring (bicyclic) bond motifs is 2. The van der Waals surface area contributed by atoms with Gasteiger partial charge >= 0.3 is 0 Å². The molecule has 0 aromatic heterocycles. The Hall–Kier alpha value is 0.520. The molecule has 0 aromatic rings. The molecule has 3 atom stereocenters. The first-order chi connectivity index (χ1) is 5.60. The fraction of sp³-hybridized carbons (Fsp3) is 0.900. The summed E-state index contributed by atoms with van der Waals surface area (Å²) in [4.78, 5) is 0. The highest BCUT2D eigenvalue weighted by Gasteiger charge is 2.48. The van der Waals surface area contributed by atoms with E-state index in [0.717, 1.165) is 11.8 Å². The predicted molar refractivity (Wildman–Crippen MR) is 60.4 cm³/mol. The summed E-state index contributed by atoms with van der Waals surface area (Å²) in [5.41, 5.74) is 0. The molecule has 0 radical (unpaired) electrons. The van der Waals surface area contributed by atoms with E-state index in [1.54, 1.807) is 0 Å². The summed E-state index contributed by atoms with van der Waals surface area (Å²) in [6.45, 7) is 4.62. The van der Waals surface area contributed by atoms with Crippen molar-refractivity contribution in [3.05, 3.63) is 0 Å². The topological polar surface area (TPSA) is 0 Å². The molecule has 0 nitrogen and oxygen atoms in total. The molecule has 2 rings (SSSR count). The van der Waals surface area contributed by atoms with Crippen LogP contribution >= 0.6 is 20.6 Å². The van der Waals surface area contributed by atoms with Crippen molar-refractivity contribution in [2.75, 3.05) is 0 Å². The number of hydrogen-bond donors (Lipinski definition) is 0. The lowest BCUT2D eigenvalue weighted by Gasteiger charge is -2.33. The highest BCUT2D eigenvalue weighted by molar-refractivity contribution is 8.18. The molecule has 12 heavy (non-hydrogen) atoms. The van der Waals surface area contributed by atoms with Gasteiger partial charge in [-0.25, -0.2) is 0 Å². The highest BCUT2D eigenvalue weighted by Crippen LogP contribution is 2.56. The maximum absolute atomic E-state index is 3.62. The Labute approximate surface area is 81.7 Å². The molecule has 0 saturated heterocycles. The minimum atomic E-state index is 0.564. The van der Waals surface area contributed by atoms with Gasteiger partial charge in [0.25, 0.3) is 0 Å². The summed E-state index contributed by atoms with van der Waals surface area (Å²) in [6, 6.07) is 0. The first-order valence-electron chi connectivity index (χ1n) is 4.84. The summed E-state index contributed by atoms with van der Waals surface area (Å²) in [7, 11) is 3.62. The van der Waals surface area contributed by atoms with Crippen LogP contribution in [-0.2, 0) is 0 Å². The summed E-state index contributed by atoms with van der Waals surface area (Å²) in [5.74, 6) is 2.05. The van der Waals surface area contributed by atoms with Crippen LogP contribution in [0.25, 0.3) is 0 Å². The minimum absolute atomic E-state index is 0.564. The fourth-order valence-corrected chi connectivity index (χ4v) is 5.13. The van der Waals surface area contributed by atoms with Crippen molar-refractivity contribution in [1.82, 2.24) is 0 Å². The molecule has 2 aliphatic rings. The van der Waals surface area contributed by atoms with Crippen molar-refractivity contribution < 1.29 is 0 Å². The normalized spacial score (nSPS) is 45.2. The molecular weight excluding hydrogens is 183 g/mol.